The number of esters is 1. The van der Waals surface area contributed by atoms with Crippen LogP contribution in [0.2, 0.25) is 0 Å². The molecule has 48 heavy (non-hydrogen) atoms. The highest BCUT2D eigenvalue weighted by Crippen LogP contribution is 2.41. The lowest BCUT2D eigenvalue weighted by Gasteiger charge is -2.36. The van der Waals surface area contributed by atoms with E-state index in [2.05, 4.69) is 43.0 Å². The molecule has 1 N–H and O–H groups in total. The number of hydrogen-bond acceptors (Lipinski definition) is 13. The van der Waals surface area contributed by atoms with E-state index in [4.69, 9.17) is 19.2 Å². The van der Waals surface area contributed by atoms with Crippen LogP contribution in [0.5, 0.6) is 5.75 Å². The van der Waals surface area contributed by atoms with E-state index >= 15 is 0 Å². The van der Waals surface area contributed by atoms with E-state index in [0.29, 0.717) is 22.9 Å². The number of piperazine rings is 1. The molecule has 2 aliphatic rings. The lowest BCUT2D eigenvalue weighted by atomic mass is 9.92. The second kappa shape index (κ2) is 13.4. The molecule has 2 fully saturated rings. The quantitative estimate of drug-likeness (QED) is 0.201. The van der Waals surface area contributed by atoms with Crippen LogP contribution < -0.4 is 14.7 Å². The molecule has 250 valence electrons. The summed E-state index contributed by atoms with van der Waals surface area (Å²) in [5.41, 5.74) is 3.64. The van der Waals surface area contributed by atoms with Gasteiger partial charge in [0.15, 0.2) is 11.6 Å². The number of methoxy groups -OCH3 is 1. The third kappa shape index (κ3) is 6.14. The van der Waals surface area contributed by atoms with Gasteiger partial charge in [-0.3, -0.25) is 4.79 Å². The number of phenols is 1. The predicted octanol–water partition coefficient (Wildman–Crippen LogP) is 5.77. The number of rotatable bonds is 8. The number of aromatic hydroxyl groups is 1. The molecular weight excluding hydrogens is 629 g/mol. The molecule has 0 bridgehead atoms. The van der Waals surface area contributed by atoms with Gasteiger partial charge in [-0.05, 0) is 55.4 Å². The molecule has 6 heterocycles. The van der Waals surface area contributed by atoms with E-state index < -0.39 is 5.92 Å². The minimum atomic E-state index is -0.473. The number of aryl methyl sites for hydroxylation is 1. The molecule has 0 radical (unpaired) electrons. The van der Waals surface area contributed by atoms with Crippen LogP contribution in [-0.2, 0) is 9.53 Å². The number of phenolic OH excluding ortho intramolecular Hbond substituents is 1. The fourth-order valence-corrected chi connectivity index (χ4v) is 8.12. The van der Waals surface area contributed by atoms with Gasteiger partial charge in [-0.25, -0.2) is 9.97 Å². The summed E-state index contributed by atoms with van der Waals surface area (Å²) in [4.78, 5) is 30.9. The summed E-state index contributed by atoms with van der Waals surface area (Å²) in [6.45, 7) is 11.0. The first-order valence-corrected chi connectivity index (χ1v) is 17.3. The molecule has 2 saturated heterocycles. The third-order valence-corrected chi connectivity index (χ3v) is 11.0. The summed E-state index contributed by atoms with van der Waals surface area (Å²) in [7, 11) is 1.40. The number of thiophene rings is 1. The third-order valence-electron chi connectivity index (χ3n) is 9.61. The van der Waals surface area contributed by atoms with Crippen molar-refractivity contribution in [2.75, 3.05) is 61.1 Å². The highest BCUT2D eigenvalue weighted by molar-refractivity contribution is 7.18. The SMILES string of the molecule is COC(=O)C(c1cc(N2CCN(c3cnc(N4CCC(c5sc6nnc(-c7ccccc7O)cc6c5C)CC4)nc3)CC2)no1)C(C)C. The first-order valence-electron chi connectivity index (χ1n) is 16.5. The zero-order valence-electron chi connectivity index (χ0n) is 27.7. The van der Waals surface area contributed by atoms with E-state index in [-0.39, 0.29) is 17.6 Å². The summed E-state index contributed by atoms with van der Waals surface area (Å²) in [5, 5.41) is 24.6. The number of ether oxygens (including phenoxy) is 1. The summed E-state index contributed by atoms with van der Waals surface area (Å²) >= 11 is 1.73. The normalized spacial score (nSPS) is 16.6. The van der Waals surface area contributed by atoms with Crippen LogP contribution in [0.1, 0.15) is 54.7 Å². The van der Waals surface area contributed by atoms with Gasteiger partial charge in [0.1, 0.15) is 16.5 Å². The Kier molecular flexibility index (Phi) is 8.86. The molecule has 12 nitrogen and oxygen atoms in total. The zero-order chi connectivity index (χ0) is 33.4. The number of anilines is 3. The van der Waals surface area contributed by atoms with Gasteiger partial charge < -0.3 is 29.1 Å². The summed E-state index contributed by atoms with van der Waals surface area (Å²) < 4.78 is 10.6. The molecule has 1 unspecified atom stereocenters. The van der Waals surface area contributed by atoms with Gasteiger partial charge in [-0.1, -0.05) is 31.1 Å². The van der Waals surface area contributed by atoms with Crippen molar-refractivity contribution in [3.8, 4) is 17.0 Å². The number of carbonyl (C=O) groups is 1. The smallest absolute Gasteiger partial charge is 0.316 e. The minimum Gasteiger partial charge on any atom is -0.507 e. The van der Waals surface area contributed by atoms with Gasteiger partial charge in [0, 0.05) is 61.2 Å². The molecule has 0 saturated carbocycles. The van der Waals surface area contributed by atoms with Crippen LogP contribution >= 0.6 is 11.3 Å². The van der Waals surface area contributed by atoms with Gasteiger partial charge in [-0.15, -0.1) is 21.5 Å². The number of nitrogens with zero attached hydrogens (tertiary/aromatic N) is 8. The number of aromatic nitrogens is 5. The molecule has 4 aromatic heterocycles. The average Bonchev–Trinajstić information content (AvgIpc) is 3.73. The Morgan fingerprint density at radius 3 is 2.38 bits per heavy atom. The Hall–Kier alpha value is -4.78. The molecule has 0 amide bonds. The van der Waals surface area contributed by atoms with Gasteiger partial charge in [0.05, 0.1) is 30.9 Å². The monoisotopic (exact) mass is 668 g/mol. The lowest BCUT2D eigenvalue weighted by Crippen LogP contribution is -2.46. The number of para-hydroxylation sites is 1. The maximum absolute atomic E-state index is 12.3. The average molecular weight is 669 g/mol. The summed E-state index contributed by atoms with van der Waals surface area (Å²) in [6.07, 6.45) is 5.89. The van der Waals surface area contributed by atoms with Crippen LogP contribution in [0, 0.1) is 12.8 Å². The number of carbonyl (C=O) groups excluding carboxylic acids is 1. The van der Waals surface area contributed by atoms with Crippen molar-refractivity contribution in [2.24, 2.45) is 5.92 Å². The molecule has 1 atom stereocenters. The van der Waals surface area contributed by atoms with E-state index in [1.54, 1.807) is 17.4 Å². The van der Waals surface area contributed by atoms with E-state index in [0.717, 1.165) is 79.8 Å². The second-order valence-electron chi connectivity index (χ2n) is 12.9. The number of hydrogen-bond donors (Lipinski definition) is 1. The standard InChI is InChI=1S/C35H40N8O4S/c1-21(2)31(34(45)46-4)29-18-30(40-47-29)42-15-13-41(14-16-42)24-19-36-35(37-20-24)43-11-9-23(10-12-43)32-22(3)26-17-27(38-39-33(26)48-32)25-7-5-6-8-28(25)44/h5-8,17-21,23,31,44H,9-16H2,1-4H3. The van der Waals surface area contributed by atoms with Crippen LogP contribution in [0.25, 0.3) is 21.5 Å². The van der Waals surface area contributed by atoms with Crippen molar-refractivity contribution < 1.29 is 19.2 Å². The van der Waals surface area contributed by atoms with Gasteiger partial charge in [0.2, 0.25) is 5.95 Å². The number of fused-ring (bicyclic) bond motifs is 1. The molecule has 0 aliphatic carbocycles. The summed E-state index contributed by atoms with van der Waals surface area (Å²) in [5.74, 6) is 1.95. The molecule has 13 heteroatoms. The van der Waals surface area contributed by atoms with Gasteiger partial charge in [-0.2, -0.15) is 0 Å². The van der Waals surface area contributed by atoms with Crippen molar-refractivity contribution >= 4 is 45.0 Å². The van der Waals surface area contributed by atoms with Gasteiger partial charge >= 0.3 is 5.97 Å². The number of piperidine rings is 1. The largest absolute Gasteiger partial charge is 0.507 e. The van der Waals surface area contributed by atoms with Crippen LogP contribution in [0.4, 0.5) is 17.5 Å². The molecule has 7 rings (SSSR count). The predicted molar refractivity (Wildman–Crippen MR) is 186 cm³/mol. The first-order chi connectivity index (χ1) is 23.3. The van der Waals surface area contributed by atoms with E-state index in [1.165, 1.54) is 17.6 Å². The Morgan fingerprint density at radius 2 is 1.69 bits per heavy atom. The Bertz CT molecular complexity index is 1890. The van der Waals surface area contributed by atoms with Crippen LogP contribution in [0.3, 0.4) is 0 Å². The fraction of sp³-hybridized carbons (Fsp3) is 0.429. The number of benzene rings is 1. The lowest BCUT2D eigenvalue weighted by molar-refractivity contribution is -0.144. The Balaban J connectivity index is 0.946. The molecular formula is C35H40N8O4S. The van der Waals surface area contributed by atoms with Crippen molar-refractivity contribution in [2.45, 2.75) is 45.4 Å². The molecule has 2 aliphatic heterocycles. The van der Waals surface area contributed by atoms with Crippen molar-refractivity contribution in [1.82, 2.24) is 25.3 Å². The fourth-order valence-electron chi connectivity index (χ4n) is 6.84. The molecule has 5 aromatic rings. The van der Waals surface area contributed by atoms with Crippen LogP contribution in [0.15, 0.2) is 53.3 Å². The highest BCUT2D eigenvalue weighted by Gasteiger charge is 2.31. The van der Waals surface area contributed by atoms with Crippen molar-refractivity contribution in [1.29, 1.82) is 0 Å². The molecule has 0 spiro atoms. The highest BCUT2D eigenvalue weighted by atomic mass is 32.1. The Labute approximate surface area is 283 Å². The van der Waals surface area contributed by atoms with Crippen LogP contribution in [-0.4, -0.2) is 82.8 Å². The van der Waals surface area contributed by atoms with Gasteiger partial charge in [0.25, 0.3) is 0 Å². The molecule has 1 aromatic carbocycles. The first kappa shape index (κ1) is 31.8. The maximum Gasteiger partial charge on any atom is 0.316 e. The summed E-state index contributed by atoms with van der Waals surface area (Å²) in [6, 6.07) is 11.2. The minimum absolute atomic E-state index is 0.0391. The van der Waals surface area contributed by atoms with Crippen molar-refractivity contribution in [3.05, 3.63) is 65.0 Å². The van der Waals surface area contributed by atoms with E-state index in [1.807, 2.05) is 50.5 Å². The topological polar surface area (TPSA) is 134 Å². The zero-order valence-corrected chi connectivity index (χ0v) is 28.5. The van der Waals surface area contributed by atoms with E-state index in [9.17, 15) is 9.90 Å². The van der Waals surface area contributed by atoms with Crippen molar-refractivity contribution in [3.63, 3.8) is 0 Å². The Morgan fingerprint density at radius 1 is 0.979 bits per heavy atom. The second-order valence-corrected chi connectivity index (χ2v) is 13.9. The maximum atomic E-state index is 12.3.